The van der Waals surface area contributed by atoms with Gasteiger partial charge in [0.05, 0.1) is 0 Å². The molecule has 1 aromatic heterocycles. The highest BCUT2D eigenvalue weighted by Gasteiger charge is 2.58. The van der Waals surface area contributed by atoms with Crippen LogP contribution in [0.2, 0.25) is 0 Å². The zero-order chi connectivity index (χ0) is 24.4. The van der Waals surface area contributed by atoms with Crippen molar-refractivity contribution in [1.82, 2.24) is 25.1 Å². The number of hydrogen-bond donors (Lipinski definition) is 0. The molecule has 0 N–H and O–H groups in total. The van der Waals surface area contributed by atoms with Gasteiger partial charge in [0.25, 0.3) is 0 Å². The molecule has 5 rings (SSSR count). The third kappa shape index (κ3) is 4.42. The topological polar surface area (TPSA) is 94.6 Å². The van der Waals surface area contributed by atoms with Gasteiger partial charge < -0.3 is 4.74 Å². The van der Waals surface area contributed by atoms with Crippen molar-refractivity contribution in [2.24, 2.45) is 7.05 Å². The number of amides is 1. The quantitative estimate of drug-likeness (QED) is 0.210. The number of ether oxygens (including phenoxy) is 1. The number of benzene rings is 2. The number of esters is 1. The van der Waals surface area contributed by atoms with Gasteiger partial charge in [-0.2, -0.15) is 0 Å². The maximum atomic E-state index is 13.7. The average molecular weight is 505 g/mol. The molecule has 3 aromatic rings. The van der Waals surface area contributed by atoms with E-state index in [-0.39, 0.29) is 17.0 Å². The van der Waals surface area contributed by atoms with Crippen molar-refractivity contribution in [3.8, 4) is 0 Å². The molecule has 2 aliphatic rings. The summed E-state index contributed by atoms with van der Waals surface area (Å²) >= 11 is 2.86. The lowest BCUT2D eigenvalue weighted by Gasteiger charge is -2.44. The molecule has 0 aliphatic carbocycles. The van der Waals surface area contributed by atoms with E-state index in [1.54, 1.807) is 11.7 Å². The van der Waals surface area contributed by atoms with Crippen LogP contribution in [-0.2, 0) is 21.4 Å². The van der Waals surface area contributed by atoms with Crippen molar-refractivity contribution < 1.29 is 14.3 Å². The van der Waals surface area contributed by atoms with Crippen LogP contribution in [0, 0.1) is 6.57 Å². The van der Waals surface area contributed by atoms with Crippen LogP contribution in [0.1, 0.15) is 17.2 Å². The number of fused-ring (bicyclic) bond motifs is 1. The molecule has 1 fully saturated rings. The first-order valence-corrected chi connectivity index (χ1v) is 12.8. The number of carbonyl (C=O) groups is 2. The van der Waals surface area contributed by atoms with Gasteiger partial charge in [-0.3, -0.25) is 14.5 Å². The van der Waals surface area contributed by atoms with Crippen molar-refractivity contribution in [3.63, 3.8) is 0 Å². The summed E-state index contributed by atoms with van der Waals surface area (Å²) in [6.45, 7) is 7.38. The number of nitrogens with zero attached hydrogens (tertiary/aromatic N) is 6. The van der Waals surface area contributed by atoms with E-state index in [0.717, 1.165) is 16.7 Å². The normalized spacial score (nSPS) is 19.2. The molecular weight excluding hydrogens is 484 g/mol. The zero-order valence-corrected chi connectivity index (χ0v) is 20.3. The first kappa shape index (κ1) is 23.1. The Morgan fingerprint density at radius 2 is 1.86 bits per heavy atom. The SMILES string of the molecule is [C-]#[N+][C@@H]1C(=O)N2C(C(=O)OC(c3ccccc3)c3ccccc3)=C(CSc3nnnn3C)CS[C@H]12. The lowest BCUT2D eigenvalue weighted by molar-refractivity contribution is -0.152. The molecule has 0 saturated carbocycles. The summed E-state index contributed by atoms with van der Waals surface area (Å²) in [7, 11) is 1.74. The Balaban J connectivity index is 1.48. The molecule has 9 nitrogen and oxygen atoms in total. The van der Waals surface area contributed by atoms with Gasteiger partial charge in [0.2, 0.25) is 5.16 Å². The highest BCUT2D eigenvalue weighted by atomic mass is 32.2. The first-order chi connectivity index (χ1) is 17.1. The molecule has 1 amide bonds. The fourth-order valence-corrected chi connectivity index (χ4v) is 6.31. The van der Waals surface area contributed by atoms with Crippen LogP contribution in [0.3, 0.4) is 0 Å². The summed E-state index contributed by atoms with van der Waals surface area (Å²) in [4.78, 5) is 31.4. The minimum Gasteiger partial charge on any atom is -0.448 e. The Hall–Kier alpha value is -3.62. The van der Waals surface area contributed by atoms with Gasteiger partial charge in [-0.1, -0.05) is 72.4 Å². The predicted molar refractivity (Wildman–Crippen MR) is 131 cm³/mol. The minimum atomic E-state index is -0.779. The summed E-state index contributed by atoms with van der Waals surface area (Å²) in [6, 6.07) is 18.2. The molecule has 35 heavy (non-hydrogen) atoms. The van der Waals surface area contributed by atoms with E-state index in [1.807, 2.05) is 60.7 Å². The van der Waals surface area contributed by atoms with Crippen LogP contribution in [0.25, 0.3) is 4.85 Å². The second-order valence-electron chi connectivity index (χ2n) is 7.92. The van der Waals surface area contributed by atoms with Crippen molar-refractivity contribution >= 4 is 35.4 Å². The molecule has 2 atom stereocenters. The third-order valence-electron chi connectivity index (χ3n) is 5.74. The summed E-state index contributed by atoms with van der Waals surface area (Å²) < 4.78 is 7.64. The number of carbonyl (C=O) groups excluding carboxylic acids is 2. The molecule has 0 radical (unpaired) electrons. The molecule has 2 aromatic carbocycles. The lowest BCUT2D eigenvalue weighted by atomic mass is 10.0. The Morgan fingerprint density at radius 3 is 2.43 bits per heavy atom. The Labute approximate surface area is 210 Å². The van der Waals surface area contributed by atoms with Crippen LogP contribution in [0.5, 0.6) is 0 Å². The molecule has 0 spiro atoms. The molecule has 176 valence electrons. The molecule has 11 heteroatoms. The highest BCUT2D eigenvalue weighted by molar-refractivity contribution is 8.01. The number of β-lactam (4-membered cyclic amide) rings is 1. The van der Waals surface area contributed by atoms with Crippen molar-refractivity contribution in [3.05, 3.63) is 94.5 Å². The zero-order valence-electron chi connectivity index (χ0n) is 18.6. The van der Waals surface area contributed by atoms with Crippen LogP contribution in [0.15, 0.2) is 77.1 Å². The number of tetrazole rings is 1. The Bertz CT molecular complexity index is 1280. The van der Waals surface area contributed by atoms with Gasteiger partial charge in [-0.25, -0.2) is 16.0 Å². The number of thioether (sulfide) groups is 2. The molecule has 2 aliphatic heterocycles. The second kappa shape index (κ2) is 9.93. The fourth-order valence-electron chi connectivity index (χ4n) is 3.99. The summed E-state index contributed by atoms with van der Waals surface area (Å²) in [5.41, 5.74) is 2.62. The number of rotatable bonds is 7. The first-order valence-electron chi connectivity index (χ1n) is 10.8. The van der Waals surface area contributed by atoms with E-state index in [2.05, 4.69) is 20.4 Å². The minimum absolute atomic E-state index is 0.220. The summed E-state index contributed by atoms with van der Waals surface area (Å²) in [5, 5.41) is 11.7. The van der Waals surface area contributed by atoms with Gasteiger partial charge >= 0.3 is 17.9 Å². The van der Waals surface area contributed by atoms with E-state index in [9.17, 15) is 9.59 Å². The lowest BCUT2D eigenvalue weighted by Crippen LogP contribution is -2.63. The number of aryl methyl sites for hydroxylation is 1. The Kier molecular flexibility index (Phi) is 6.57. The molecule has 1 saturated heterocycles. The van der Waals surface area contributed by atoms with Gasteiger partial charge in [0.1, 0.15) is 5.70 Å². The molecular formula is C24H20N6O3S2. The van der Waals surface area contributed by atoms with E-state index in [0.29, 0.717) is 16.7 Å². The Morgan fingerprint density at radius 1 is 1.20 bits per heavy atom. The van der Waals surface area contributed by atoms with Crippen molar-refractivity contribution in [1.29, 1.82) is 0 Å². The standard InChI is InChI=1S/C24H20N6O3S2/c1-25-18-21(31)30-19(17(13-34-22(18)30)14-35-24-26-27-28-29(24)2)23(32)33-20(15-9-5-3-6-10-15)16-11-7-4-8-12-16/h3-12,18,20,22H,13-14H2,2H3/t18-,22-/m1/s1. The van der Waals surface area contributed by atoms with E-state index in [4.69, 9.17) is 11.3 Å². The van der Waals surface area contributed by atoms with E-state index in [1.165, 1.54) is 28.4 Å². The fraction of sp³-hybridized carbons (Fsp3) is 0.250. The molecule has 3 heterocycles. The van der Waals surface area contributed by atoms with Crippen LogP contribution in [-0.4, -0.2) is 59.9 Å². The maximum Gasteiger partial charge on any atom is 0.356 e. The van der Waals surface area contributed by atoms with Gasteiger partial charge in [-0.15, -0.1) is 16.9 Å². The highest BCUT2D eigenvalue weighted by Crippen LogP contribution is 2.43. The van der Waals surface area contributed by atoms with Crippen LogP contribution in [0.4, 0.5) is 0 Å². The molecule has 0 bridgehead atoms. The summed E-state index contributed by atoms with van der Waals surface area (Å²) in [5.74, 6) is -0.0455. The van der Waals surface area contributed by atoms with Crippen molar-refractivity contribution in [2.75, 3.05) is 11.5 Å². The average Bonchev–Trinajstić information content (AvgIpc) is 3.31. The molecule has 0 unspecified atom stereocenters. The van der Waals surface area contributed by atoms with Crippen LogP contribution < -0.4 is 0 Å². The number of hydrogen-bond acceptors (Lipinski definition) is 8. The smallest absolute Gasteiger partial charge is 0.356 e. The summed E-state index contributed by atoms with van der Waals surface area (Å²) in [6.07, 6.45) is -0.643. The second-order valence-corrected chi connectivity index (χ2v) is 9.96. The van der Waals surface area contributed by atoms with Crippen LogP contribution >= 0.6 is 23.5 Å². The third-order valence-corrected chi connectivity index (χ3v) is 8.16. The van der Waals surface area contributed by atoms with Gasteiger partial charge in [0, 0.05) is 18.6 Å². The monoisotopic (exact) mass is 504 g/mol. The van der Waals surface area contributed by atoms with Crippen molar-refractivity contribution in [2.45, 2.75) is 22.7 Å². The van der Waals surface area contributed by atoms with Gasteiger partial charge in [-0.05, 0) is 27.1 Å². The largest absolute Gasteiger partial charge is 0.448 e. The number of aromatic nitrogens is 4. The van der Waals surface area contributed by atoms with E-state index >= 15 is 0 Å². The van der Waals surface area contributed by atoms with Gasteiger partial charge in [0.15, 0.2) is 11.5 Å². The maximum absolute atomic E-state index is 13.7. The predicted octanol–water partition coefficient (Wildman–Crippen LogP) is 3.09. The van der Waals surface area contributed by atoms with E-state index < -0.39 is 18.1 Å².